The van der Waals surface area contributed by atoms with Gasteiger partial charge in [0, 0.05) is 18.3 Å². The summed E-state index contributed by atoms with van der Waals surface area (Å²) >= 11 is 1.53. The summed E-state index contributed by atoms with van der Waals surface area (Å²) < 4.78 is 37.3. The number of hydrogen-bond donors (Lipinski definition) is 1. The lowest BCUT2D eigenvalue weighted by Crippen LogP contribution is -2.52. The van der Waals surface area contributed by atoms with Crippen molar-refractivity contribution in [3.05, 3.63) is 0 Å². The van der Waals surface area contributed by atoms with Crippen LogP contribution in [0.2, 0.25) is 0 Å². The molecular formula is C8H17F3N2S. The maximum absolute atomic E-state index is 12.4. The zero-order chi connectivity index (χ0) is 11.4. The number of likely N-dealkylation sites (N-methyl/N-ethyl adjacent to an activating group) is 1. The summed E-state index contributed by atoms with van der Waals surface area (Å²) in [7, 11) is 1.46. The SMILES string of the molecule is CSCC(C)N(C)C(CN)C(F)(F)F. The molecule has 0 fully saturated rings. The minimum Gasteiger partial charge on any atom is -0.329 e. The summed E-state index contributed by atoms with van der Waals surface area (Å²) in [6.45, 7) is 1.38. The number of nitrogens with zero attached hydrogens (tertiary/aromatic N) is 1. The van der Waals surface area contributed by atoms with E-state index in [0.717, 1.165) is 0 Å². The van der Waals surface area contributed by atoms with Crippen LogP contribution in [0.4, 0.5) is 13.2 Å². The Hall–Kier alpha value is 0.0600. The van der Waals surface area contributed by atoms with E-state index in [2.05, 4.69) is 0 Å². The number of hydrogen-bond acceptors (Lipinski definition) is 3. The molecule has 0 radical (unpaired) electrons. The molecule has 0 aliphatic carbocycles. The molecule has 0 spiro atoms. The summed E-state index contributed by atoms with van der Waals surface area (Å²) in [5, 5.41) is 0. The largest absolute Gasteiger partial charge is 0.405 e. The molecule has 0 bridgehead atoms. The molecule has 0 aromatic carbocycles. The van der Waals surface area contributed by atoms with E-state index in [4.69, 9.17) is 5.73 Å². The molecular weight excluding hydrogens is 213 g/mol. The average Bonchev–Trinajstić information content (AvgIpc) is 2.03. The van der Waals surface area contributed by atoms with Gasteiger partial charge in [-0.05, 0) is 20.2 Å². The second-order valence-electron chi connectivity index (χ2n) is 3.26. The average molecular weight is 230 g/mol. The van der Waals surface area contributed by atoms with Crippen molar-refractivity contribution < 1.29 is 13.2 Å². The predicted molar refractivity (Wildman–Crippen MR) is 54.5 cm³/mol. The molecule has 2 unspecified atom stereocenters. The normalized spacial score (nSPS) is 17.1. The van der Waals surface area contributed by atoms with Gasteiger partial charge in [0.2, 0.25) is 0 Å². The van der Waals surface area contributed by atoms with Gasteiger partial charge in [-0.25, -0.2) is 0 Å². The Kier molecular flexibility index (Phi) is 5.85. The number of rotatable bonds is 5. The van der Waals surface area contributed by atoms with E-state index >= 15 is 0 Å². The van der Waals surface area contributed by atoms with Gasteiger partial charge in [0.25, 0.3) is 0 Å². The fraction of sp³-hybridized carbons (Fsp3) is 1.00. The van der Waals surface area contributed by atoms with Gasteiger partial charge in [-0.2, -0.15) is 24.9 Å². The predicted octanol–water partition coefficient (Wildman–Crippen LogP) is 1.56. The van der Waals surface area contributed by atoms with Gasteiger partial charge in [0.1, 0.15) is 6.04 Å². The number of halogens is 3. The zero-order valence-electron chi connectivity index (χ0n) is 8.64. The molecule has 0 aliphatic heterocycles. The Morgan fingerprint density at radius 2 is 1.93 bits per heavy atom. The summed E-state index contributed by atoms with van der Waals surface area (Å²) in [6, 6.07) is -1.66. The van der Waals surface area contributed by atoms with Gasteiger partial charge in [-0.15, -0.1) is 0 Å². The second kappa shape index (κ2) is 5.82. The molecule has 2 nitrogen and oxygen atoms in total. The molecule has 2 atom stereocenters. The van der Waals surface area contributed by atoms with E-state index in [1.54, 1.807) is 6.92 Å². The minimum absolute atomic E-state index is 0.125. The highest BCUT2D eigenvalue weighted by Gasteiger charge is 2.42. The van der Waals surface area contributed by atoms with Crippen LogP contribution in [0.25, 0.3) is 0 Å². The van der Waals surface area contributed by atoms with Gasteiger partial charge in [-0.3, -0.25) is 4.90 Å². The van der Waals surface area contributed by atoms with Crippen molar-refractivity contribution in [3.8, 4) is 0 Å². The topological polar surface area (TPSA) is 29.3 Å². The van der Waals surface area contributed by atoms with Crippen molar-refractivity contribution in [3.63, 3.8) is 0 Å². The van der Waals surface area contributed by atoms with Crippen molar-refractivity contribution in [2.75, 3.05) is 25.6 Å². The smallest absolute Gasteiger partial charge is 0.329 e. The van der Waals surface area contributed by atoms with Crippen molar-refractivity contribution in [1.82, 2.24) is 4.90 Å². The first kappa shape index (κ1) is 14.1. The first-order valence-corrected chi connectivity index (χ1v) is 5.71. The lowest BCUT2D eigenvalue weighted by molar-refractivity contribution is -0.181. The number of nitrogens with two attached hydrogens (primary N) is 1. The molecule has 14 heavy (non-hydrogen) atoms. The molecule has 0 saturated carbocycles. The van der Waals surface area contributed by atoms with Crippen LogP contribution in [0.1, 0.15) is 6.92 Å². The van der Waals surface area contributed by atoms with Gasteiger partial charge in [0.05, 0.1) is 0 Å². The van der Waals surface area contributed by atoms with E-state index in [-0.39, 0.29) is 6.04 Å². The lowest BCUT2D eigenvalue weighted by Gasteiger charge is -2.33. The van der Waals surface area contributed by atoms with Crippen LogP contribution < -0.4 is 5.73 Å². The Morgan fingerprint density at radius 1 is 1.43 bits per heavy atom. The van der Waals surface area contributed by atoms with Crippen molar-refractivity contribution in [1.29, 1.82) is 0 Å². The first-order chi connectivity index (χ1) is 6.34. The third-order valence-corrected chi connectivity index (χ3v) is 3.01. The minimum atomic E-state index is -4.24. The van der Waals surface area contributed by atoms with Gasteiger partial charge in [-0.1, -0.05) is 0 Å². The molecule has 0 aromatic rings. The van der Waals surface area contributed by atoms with Crippen LogP contribution >= 0.6 is 11.8 Å². The maximum atomic E-state index is 12.4. The van der Waals surface area contributed by atoms with Crippen LogP contribution in [0, 0.1) is 0 Å². The van der Waals surface area contributed by atoms with Crippen LogP contribution in [-0.4, -0.2) is 48.8 Å². The quantitative estimate of drug-likeness (QED) is 0.777. The Bertz CT molecular complexity index is 163. The third kappa shape index (κ3) is 4.06. The number of alkyl halides is 3. The van der Waals surface area contributed by atoms with Crippen LogP contribution in [0.15, 0.2) is 0 Å². The Labute approximate surface area is 87.0 Å². The van der Waals surface area contributed by atoms with E-state index < -0.39 is 18.8 Å². The summed E-state index contributed by atoms with van der Waals surface area (Å²) in [4.78, 5) is 1.29. The lowest BCUT2D eigenvalue weighted by atomic mass is 10.2. The fourth-order valence-electron chi connectivity index (χ4n) is 1.20. The highest BCUT2D eigenvalue weighted by Crippen LogP contribution is 2.25. The van der Waals surface area contributed by atoms with E-state index in [1.165, 1.54) is 23.7 Å². The van der Waals surface area contributed by atoms with Gasteiger partial charge >= 0.3 is 6.18 Å². The van der Waals surface area contributed by atoms with E-state index in [0.29, 0.717) is 5.75 Å². The molecule has 0 aliphatic rings. The first-order valence-electron chi connectivity index (χ1n) is 4.32. The van der Waals surface area contributed by atoms with Crippen molar-refractivity contribution in [2.45, 2.75) is 25.2 Å². The Morgan fingerprint density at radius 3 is 2.21 bits per heavy atom. The fourth-order valence-corrected chi connectivity index (χ4v) is 1.91. The standard InChI is InChI=1S/C8H17F3N2S/c1-6(5-14-3)13(2)7(4-12)8(9,10)11/h6-7H,4-5,12H2,1-3H3. The number of thioether (sulfide) groups is 1. The highest BCUT2D eigenvalue weighted by atomic mass is 32.2. The van der Waals surface area contributed by atoms with Gasteiger partial charge < -0.3 is 5.73 Å². The molecule has 0 saturated heterocycles. The molecule has 0 heterocycles. The van der Waals surface area contributed by atoms with Crippen LogP contribution in [0.5, 0.6) is 0 Å². The molecule has 6 heteroatoms. The van der Waals surface area contributed by atoms with E-state index in [1.807, 2.05) is 6.26 Å². The highest BCUT2D eigenvalue weighted by molar-refractivity contribution is 7.98. The monoisotopic (exact) mass is 230 g/mol. The molecule has 0 rings (SSSR count). The van der Waals surface area contributed by atoms with Crippen LogP contribution in [-0.2, 0) is 0 Å². The second-order valence-corrected chi connectivity index (χ2v) is 4.17. The Balaban J connectivity index is 4.38. The third-order valence-electron chi connectivity index (χ3n) is 2.20. The van der Waals surface area contributed by atoms with Gasteiger partial charge in [0.15, 0.2) is 0 Å². The van der Waals surface area contributed by atoms with Crippen molar-refractivity contribution in [2.24, 2.45) is 5.73 Å². The molecule has 0 amide bonds. The molecule has 2 N–H and O–H groups in total. The summed E-state index contributed by atoms with van der Waals surface area (Å²) in [5.74, 6) is 0.670. The summed E-state index contributed by atoms with van der Waals surface area (Å²) in [5.41, 5.74) is 5.13. The maximum Gasteiger partial charge on any atom is 0.405 e. The van der Waals surface area contributed by atoms with E-state index in [9.17, 15) is 13.2 Å². The summed E-state index contributed by atoms with van der Waals surface area (Å²) in [6.07, 6.45) is -2.37. The molecule has 0 aromatic heterocycles. The van der Waals surface area contributed by atoms with Crippen LogP contribution in [0.3, 0.4) is 0 Å². The molecule has 86 valence electrons. The van der Waals surface area contributed by atoms with Crippen molar-refractivity contribution >= 4 is 11.8 Å². The zero-order valence-corrected chi connectivity index (χ0v) is 9.45.